The maximum atomic E-state index is 13.8. The van der Waals surface area contributed by atoms with E-state index in [1.165, 1.54) is 6.08 Å². The maximum absolute atomic E-state index is 13.8. The van der Waals surface area contributed by atoms with E-state index in [9.17, 15) is 9.59 Å². The number of rotatable bonds is 7. The van der Waals surface area contributed by atoms with Crippen molar-refractivity contribution in [3.8, 4) is 11.1 Å². The van der Waals surface area contributed by atoms with Gasteiger partial charge >= 0.3 is 5.97 Å². The number of carbonyl (C=O) groups excluding carboxylic acids is 1. The third-order valence-electron chi connectivity index (χ3n) is 6.78. The number of aromatic nitrogens is 1. The number of carboxylic acids is 1. The molecule has 1 fully saturated rings. The monoisotopic (exact) mass is 495 g/mol. The number of amides is 1. The quantitative estimate of drug-likeness (QED) is 0.279. The third kappa shape index (κ3) is 5.80. The van der Waals surface area contributed by atoms with E-state index < -0.39 is 12.5 Å². The fourth-order valence-corrected chi connectivity index (χ4v) is 4.89. The van der Waals surface area contributed by atoms with Crippen LogP contribution in [0.4, 0.5) is 5.69 Å². The predicted octanol–water partition coefficient (Wildman–Crippen LogP) is 7.01. The Bertz CT molecular complexity index is 1490. The summed E-state index contributed by atoms with van der Waals surface area (Å²) in [5.41, 5.74) is 5.43. The first-order valence-corrected chi connectivity index (χ1v) is 12.6. The number of benzene rings is 3. The van der Waals surface area contributed by atoms with Crippen LogP contribution in [0.3, 0.4) is 0 Å². The number of nitrogens with zero attached hydrogens (tertiary/aromatic N) is 2. The van der Waals surface area contributed by atoms with Crippen molar-refractivity contribution in [2.24, 2.45) is 5.92 Å². The normalized spacial score (nSPS) is 15.5. The second-order valence-corrected chi connectivity index (χ2v) is 9.48. The first kappa shape index (κ1) is 23.2. The van der Waals surface area contributed by atoms with Crippen LogP contribution in [0.25, 0.3) is 28.3 Å². The van der Waals surface area contributed by atoms with Crippen LogP contribution in [0.15, 0.2) is 77.2 Å². The molecule has 1 aromatic heterocycles. The molecule has 1 N–H and O–H groups in total. The number of oxazole rings is 1. The van der Waals surface area contributed by atoms with Crippen LogP contribution in [-0.4, -0.2) is 22.0 Å². The summed E-state index contributed by atoms with van der Waals surface area (Å²) in [6.07, 6.45) is 7.36. The SMILES string of the molecule is [2H]C(c1ccc(-c2ccc3nc(C)oc3c2)cc1)N(C(=O)C1CCCCC1)c1cccc(/C=C/C(=O)O)c1. The lowest BCUT2D eigenvalue weighted by atomic mass is 9.88. The first-order valence-electron chi connectivity index (χ1n) is 13.2. The predicted molar refractivity (Wildman–Crippen MR) is 145 cm³/mol. The van der Waals surface area contributed by atoms with Gasteiger partial charge in [0, 0.05) is 24.6 Å². The van der Waals surface area contributed by atoms with Gasteiger partial charge in [0.2, 0.25) is 5.91 Å². The fraction of sp³-hybridized carbons (Fsp3) is 0.258. The van der Waals surface area contributed by atoms with Crippen LogP contribution >= 0.6 is 0 Å². The van der Waals surface area contributed by atoms with Crippen molar-refractivity contribution in [2.75, 3.05) is 4.90 Å². The van der Waals surface area contributed by atoms with Crippen LogP contribution in [0.5, 0.6) is 0 Å². The second-order valence-electron chi connectivity index (χ2n) is 9.48. The molecule has 37 heavy (non-hydrogen) atoms. The van der Waals surface area contributed by atoms with E-state index in [0.29, 0.717) is 22.7 Å². The van der Waals surface area contributed by atoms with Gasteiger partial charge in [-0.25, -0.2) is 9.78 Å². The van der Waals surface area contributed by atoms with Crippen molar-refractivity contribution < 1.29 is 20.5 Å². The maximum Gasteiger partial charge on any atom is 0.328 e. The molecule has 188 valence electrons. The molecule has 6 nitrogen and oxygen atoms in total. The molecule has 1 saturated carbocycles. The number of hydrogen-bond acceptors (Lipinski definition) is 4. The molecular formula is C31H30N2O4. The van der Waals surface area contributed by atoms with Crippen LogP contribution in [-0.2, 0) is 16.1 Å². The molecule has 1 amide bonds. The van der Waals surface area contributed by atoms with Crippen molar-refractivity contribution in [1.82, 2.24) is 4.98 Å². The highest BCUT2D eigenvalue weighted by Gasteiger charge is 2.27. The second kappa shape index (κ2) is 10.8. The number of anilines is 1. The van der Waals surface area contributed by atoms with Crippen LogP contribution in [0.2, 0.25) is 0 Å². The molecule has 0 aliphatic heterocycles. The molecular weight excluding hydrogens is 464 g/mol. The number of fused-ring (bicyclic) bond motifs is 1. The molecule has 0 radical (unpaired) electrons. The lowest BCUT2D eigenvalue weighted by Crippen LogP contribution is -2.36. The third-order valence-corrected chi connectivity index (χ3v) is 6.78. The van der Waals surface area contributed by atoms with Gasteiger partial charge in [-0.1, -0.05) is 61.7 Å². The number of carbonyl (C=O) groups is 2. The Kier molecular flexibility index (Phi) is 6.80. The Labute approximate surface area is 217 Å². The zero-order chi connectivity index (χ0) is 26.6. The number of carboxylic acid groups (broad SMARTS) is 1. The summed E-state index contributed by atoms with van der Waals surface area (Å²) >= 11 is 0. The van der Waals surface area contributed by atoms with Crippen molar-refractivity contribution >= 4 is 34.7 Å². The number of aliphatic carboxylic acids is 1. The summed E-state index contributed by atoms with van der Waals surface area (Å²) in [5.74, 6) is -0.596. The van der Waals surface area contributed by atoms with Crippen molar-refractivity contribution in [2.45, 2.75) is 45.5 Å². The Balaban J connectivity index is 1.46. The summed E-state index contributed by atoms with van der Waals surface area (Å²) in [7, 11) is 0. The van der Waals surface area contributed by atoms with E-state index in [2.05, 4.69) is 4.98 Å². The van der Waals surface area contributed by atoms with E-state index in [4.69, 9.17) is 10.9 Å². The molecule has 5 rings (SSSR count). The van der Waals surface area contributed by atoms with Crippen LogP contribution < -0.4 is 4.90 Å². The molecule has 1 heterocycles. The minimum Gasteiger partial charge on any atom is -0.478 e. The van der Waals surface area contributed by atoms with Crippen LogP contribution in [0.1, 0.15) is 50.5 Å². The van der Waals surface area contributed by atoms with Gasteiger partial charge in [-0.15, -0.1) is 0 Å². The number of hydrogen-bond donors (Lipinski definition) is 1. The van der Waals surface area contributed by atoms with Gasteiger partial charge < -0.3 is 14.4 Å². The van der Waals surface area contributed by atoms with Crippen molar-refractivity contribution in [3.05, 3.63) is 89.8 Å². The highest BCUT2D eigenvalue weighted by atomic mass is 16.4. The molecule has 4 aromatic rings. The van der Waals surface area contributed by atoms with Crippen LogP contribution in [0, 0.1) is 12.8 Å². The van der Waals surface area contributed by atoms with Gasteiger partial charge in [0.1, 0.15) is 5.52 Å². The van der Waals surface area contributed by atoms with E-state index in [1.807, 2.05) is 55.5 Å². The summed E-state index contributed by atoms with van der Waals surface area (Å²) in [4.78, 5) is 30.7. The molecule has 0 spiro atoms. The summed E-state index contributed by atoms with van der Waals surface area (Å²) < 4.78 is 14.8. The summed E-state index contributed by atoms with van der Waals surface area (Å²) in [6, 6.07) is 20.7. The molecule has 1 aliphatic rings. The zero-order valence-corrected chi connectivity index (χ0v) is 20.8. The summed E-state index contributed by atoms with van der Waals surface area (Å²) in [6.45, 7) is 0.873. The van der Waals surface area contributed by atoms with Gasteiger partial charge in [0.15, 0.2) is 11.5 Å². The highest BCUT2D eigenvalue weighted by Crippen LogP contribution is 2.30. The Morgan fingerprint density at radius 2 is 1.81 bits per heavy atom. The van der Waals surface area contributed by atoms with Gasteiger partial charge in [-0.3, -0.25) is 4.79 Å². The molecule has 0 bridgehead atoms. The first-order chi connectivity index (χ1) is 18.4. The topological polar surface area (TPSA) is 83.6 Å². The largest absolute Gasteiger partial charge is 0.478 e. The van der Waals surface area contributed by atoms with E-state index in [1.54, 1.807) is 23.1 Å². The lowest BCUT2D eigenvalue weighted by Gasteiger charge is -2.30. The average Bonchev–Trinajstić information content (AvgIpc) is 3.32. The molecule has 1 unspecified atom stereocenters. The number of aryl methyl sites for hydroxylation is 1. The lowest BCUT2D eigenvalue weighted by molar-refractivity contribution is -0.131. The molecule has 6 heteroatoms. The van der Waals surface area contributed by atoms with E-state index >= 15 is 0 Å². The summed E-state index contributed by atoms with van der Waals surface area (Å²) in [5, 5.41) is 9.02. The smallest absolute Gasteiger partial charge is 0.328 e. The standard InChI is InChI=1S/C31H30N2O4/c1-21-32-28-16-15-26(19-29(28)37-21)24-13-10-23(11-14-24)20-33(31(36)25-7-3-2-4-8-25)27-9-5-6-22(18-27)12-17-30(34)35/h5-6,9-19,25H,2-4,7-8,20H2,1H3,(H,34,35)/b17-12+/i20D. The minimum absolute atomic E-state index is 0.0562. The zero-order valence-electron chi connectivity index (χ0n) is 21.8. The highest BCUT2D eigenvalue weighted by molar-refractivity contribution is 5.95. The minimum atomic E-state index is -1.04. The fourth-order valence-electron chi connectivity index (χ4n) is 4.89. The van der Waals surface area contributed by atoms with Gasteiger partial charge in [0.25, 0.3) is 0 Å². The molecule has 3 aromatic carbocycles. The van der Waals surface area contributed by atoms with E-state index in [-0.39, 0.29) is 11.8 Å². The van der Waals surface area contributed by atoms with E-state index in [0.717, 1.165) is 60.4 Å². The van der Waals surface area contributed by atoms with Crippen molar-refractivity contribution in [1.29, 1.82) is 0 Å². The molecule has 1 aliphatic carbocycles. The van der Waals surface area contributed by atoms with Gasteiger partial charge in [-0.05, 0) is 65.4 Å². The Hall–Kier alpha value is -4.19. The van der Waals surface area contributed by atoms with Gasteiger partial charge in [-0.2, -0.15) is 0 Å². The Morgan fingerprint density at radius 3 is 2.57 bits per heavy atom. The molecule has 1 atom stereocenters. The Morgan fingerprint density at radius 1 is 1.05 bits per heavy atom. The average molecular weight is 496 g/mol. The van der Waals surface area contributed by atoms with Crippen molar-refractivity contribution in [3.63, 3.8) is 0 Å². The van der Waals surface area contributed by atoms with Gasteiger partial charge in [0.05, 0.1) is 7.89 Å². The molecule has 0 saturated heterocycles.